The molecule has 1 amide bonds. The zero-order chi connectivity index (χ0) is 14.1. The van der Waals surface area contributed by atoms with Crippen LogP contribution in [0.4, 0.5) is 10.8 Å². The minimum absolute atomic E-state index is 0.275. The standard InChI is InChI=1S/C14H10ClN3OS/c15-10-4-2-1-3-9(10)13(19)18-14-17-11-6-5-8(16)7-12(11)20-14/h1-7H,16H2,(H,17,18,19). The predicted molar refractivity (Wildman–Crippen MR) is 83.4 cm³/mol. The van der Waals surface area contributed by atoms with E-state index < -0.39 is 0 Å². The van der Waals surface area contributed by atoms with Gasteiger partial charge >= 0.3 is 0 Å². The van der Waals surface area contributed by atoms with Crippen molar-refractivity contribution in [2.24, 2.45) is 0 Å². The summed E-state index contributed by atoms with van der Waals surface area (Å²) in [6, 6.07) is 12.3. The lowest BCUT2D eigenvalue weighted by atomic mass is 10.2. The molecule has 4 nitrogen and oxygen atoms in total. The Morgan fingerprint density at radius 1 is 1.25 bits per heavy atom. The van der Waals surface area contributed by atoms with E-state index in [1.54, 1.807) is 30.3 Å². The van der Waals surface area contributed by atoms with Crippen LogP contribution < -0.4 is 11.1 Å². The fourth-order valence-electron chi connectivity index (χ4n) is 1.80. The number of fused-ring (bicyclic) bond motifs is 1. The molecule has 0 saturated heterocycles. The number of nitrogens with two attached hydrogens (primary N) is 1. The largest absolute Gasteiger partial charge is 0.399 e. The van der Waals surface area contributed by atoms with E-state index in [0.717, 1.165) is 10.2 Å². The minimum Gasteiger partial charge on any atom is -0.399 e. The molecule has 6 heteroatoms. The van der Waals surface area contributed by atoms with E-state index >= 15 is 0 Å². The lowest BCUT2D eigenvalue weighted by Gasteiger charge is -2.02. The Bertz CT molecular complexity index is 800. The van der Waals surface area contributed by atoms with E-state index in [0.29, 0.717) is 21.4 Å². The lowest BCUT2D eigenvalue weighted by Crippen LogP contribution is -2.11. The first-order valence-corrected chi connectivity index (χ1v) is 7.05. The van der Waals surface area contributed by atoms with Crippen molar-refractivity contribution in [1.29, 1.82) is 0 Å². The van der Waals surface area contributed by atoms with Crippen molar-refractivity contribution in [3.8, 4) is 0 Å². The van der Waals surface area contributed by atoms with E-state index in [1.165, 1.54) is 11.3 Å². The Labute approximate surface area is 124 Å². The van der Waals surface area contributed by atoms with Crippen LogP contribution in [-0.4, -0.2) is 10.9 Å². The van der Waals surface area contributed by atoms with Gasteiger partial charge in [0, 0.05) is 5.69 Å². The van der Waals surface area contributed by atoms with Crippen LogP contribution >= 0.6 is 22.9 Å². The fraction of sp³-hybridized carbons (Fsp3) is 0. The third-order valence-corrected chi connectivity index (χ3v) is 4.01. The van der Waals surface area contributed by atoms with Gasteiger partial charge in [-0.1, -0.05) is 35.1 Å². The van der Waals surface area contributed by atoms with Crippen LogP contribution in [0, 0.1) is 0 Å². The number of hydrogen-bond acceptors (Lipinski definition) is 4. The highest BCUT2D eigenvalue weighted by Crippen LogP contribution is 2.28. The van der Waals surface area contributed by atoms with Crippen LogP contribution in [0.5, 0.6) is 0 Å². The van der Waals surface area contributed by atoms with Gasteiger partial charge in [-0.15, -0.1) is 0 Å². The van der Waals surface area contributed by atoms with Crippen molar-refractivity contribution in [3.05, 3.63) is 53.1 Å². The van der Waals surface area contributed by atoms with Crippen LogP contribution in [0.1, 0.15) is 10.4 Å². The number of hydrogen-bond donors (Lipinski definition) is 2. The summed E-state index contributed by atoms with van der Waals surface area (Å²) in [7, 11) is 0. The number of amides is 1. The molecule has 0 atom stereocenters. The summed E-state index contributed by atoms with van der Waals surface area (Å²) < 4.78 is 0.930. The molecule has 0 radical (unpaired) electrons. The first-order chi connectivity index (χ1) is 9.63. The Hall–Kier alpha value is -2.11. The quantitative estimate of drug-likeness (QED) is 0.708. The normalized spacial score (nSPS) is 10.7. The molecule has 1 heterocycles. The smallest absolute Gasteiger partial charge is 0.258 e. The zero-order valence-electron chi connectivity index (χ0n) is 10.3. The predicted octanol–water partition coefficient (Wildman–Crippen LogP) is 3.78. The van der Waals surface area contributed by atoms with E-state index in [9.17, 15) is 4.79 Å². The Morgan fingerprint density at radius 3 is 2.85 bits per heavy atom. The molecule has 0 aliphatic rings. The summed E-state index contributed by atoms with van der Waals surface area (Å²) in [6.45, 7) is 0. The molecule has 0 unspecified atom stereocenters. The van der Waals surface area contributed by atoms with Gasteiger partial charge in [-0.25, -0.2) is 4.98 Å². The molecular formula is C14H10ClN3OS. The molecule has 0 aliphatic carbocycles. The van der Waals surface area contributed by atoms with Gasteiger partial charge in [0.25, 0.3) is 5.91 Å². The monoisotopic (exact) mass is 303 g/mol. The average Bonchev–Trinajstić information content (AvgIpc) is 2.80. The van der Waals surface area contributed by atoms with Crippen molar-refractivity contribution in [2.75, 3.05) is 11.1 Å². The summed E-state index contributed by atoms with van der Waals surface area (Å²) >= 11 is 7.36. The molecule has 0 aliphatic heterocycles. The summed E-state index contributed by atoms with van der Waals surface area (Å²) in [5.74, 6) is -0.275. The lowest BCUT2D eigenvalue weighted by molar-refractivity contribution is 0.102. The second-order valence-electron chi connectivity index (χ2n) is 4.18. The maximum absolute atomic E-state index is 12.1. The highest BCUT2D eigenvalue weighted by Gasteiger charge is 2.12. The molecule has 3 N–H and O–H groups in total. The van der Waals surface area contributed by atoms with Gasteiger partial charge < -0.3 is 5.73 Å². The van der Waals surface area contributed by atoms with Gasteiger partial charge in [-0.2, -0.15) is 0 Å². The average molecular weight is 304 g/mol. The van der Waals surface area contributed by atoms with Gasteiger partial charge in [0.05, 0.1) is 20.8 Å². The number of thiazole rings is 1. The second-order valence-corrected chi connectivity index (χ2v) is 5.62. The van der Waals surface area contributed by atoms with Gasteiger partial charge in [-0.05, 0) is 30.3 Å². The van der Waals surface area contributed by atoms with Gasteiger partial charge in [0.2, 0.25) is 0 Å². The van der Waals surface area contributed by atoms with E-state index in [-0.39, 0.29) is 5.91 Å². The summed E-state index contributed by atoms with van der Waals surface area (Å²) in [5, 5.41) is 3.69. The van der Waals surface area contributed by atoms with Crippen molar-refractivity contribution in [2.45, 2.75) is 0 Å². The number of aromatic nitrogens is 1. The molecule has 0 saturated carbocycles. The van der Waals surface area contributed by atoms with Crippen LogP contribution in [0.3, 0.4) is 0 Å². The maximum atomic E-state index is 12.1. The van der Waals surface area contributed by atoms with Crippen molar-refractivity contribution in [1.82, 2.24) is 4.98 Å². The number of anilines is 2. The molecule has 2 aromatic carbocycles. The Morgan fingerprint density at radius 2 is 2.05 bits per heavy atom. The molecule has 20 heavy (non-hydrogen) atoms. The van der Waals surface area contributed by atoms with E-state index in [2.05, 4.69) is 10.3 Å². The second kappa shape index (κ2) is 5.11. The molecule has 100 valence electrons. The fourth-order valence-corrected chi connectivity index (χ4v) is 2.94. The van der Waals surface area contributed by atoms with Crippen LogP contribution in [0.15, 0.2) is 42.5 Å². The van der Waals surface area contributed by atoms with Gasteiger partial charge in [0.15, 0.2) is 5.13 Å². The summed E-state index contributed by atoms with van der Waals surface area (Å²) in [6.07, 6.45) is 0. The number of nitrogen functional groups attached to an aromatic ring is 1. The number of nitrogens with one attached hydrogen (secondary N) is 1. The molecular weight excluding hydrogens is 294 g/mol. The number of nitrogens with zero attached hydrogens (tertiary/aromatic N) is 1. The van der Waals surface area contributed by atoms with Crippen LogP contribution in [0.2, 0.25) is 5.02 Å². The number of halogens is 1. The number of carbonyl (C=O) groups is 1. The van der Waals surface area contributed by atoms with Crippen molar-refractivity contribution in [3.63, 3.8) is 0 Å². The van der Waals surface area contributed by atoms with Gasteiger partial charge in [0.1, 0.15) is 0 Å². The zero-order valence-corrected chi connectivity index (χ0v) is 11.8. The van der Waals surface area contributed by atoms with Crippen LogP contribution in [0.25, 0.3) is 10.2 Å². The first kappa shape index (κ1) is 12.9. The molecule has 0 spiro atoms. The summed E-state index contributed by atoms with van der Waals surface area (Å²) in [4.78, 5) is 16.5. The minimum atomic E-state index is -0.275. The number of carbonyl (C=O) groups excluding carboxylic acids is 1. The van der Waals surface area contributed by atoms with Crippen molar-refractivity contribution >= 4 is 49.9 Å². The number of benzene rings is 2. The van der Waals surface area contributed by atoms with Gasteiger partial charge in [-0.3, -0.25) is 10.1 Å². The molecule has 3 aromatic rings. The highest BCUT2D eigenvalue weighted by atomic mass is 35.5. The molecule has 3 rings (SSSR count). The van der Waals surface area contributed by atoms with Crippen LogP contribution in [-0.2, 0) is 0 Å². The molecule has 0 fully saturated rings. The molecule has 0 bridgehead atoms. The maximum Gasteiger partial charge on any atom is 0.258 e. The highest BCUT2D eigenvalue weighted by molar-refractivity contribution is 7.22. The SMILES string of the molecule is Nc1ccc2nc(NC(=O)c3ccccc3Cl)sc2c1. The Balaban J connectivity index is 1.89. The third-order valence-electron chi connectivity index (χ3n) is 2.75. The first-order valence-electron chi connectivity index (χ1n) is 5.85. The Kier molecular flexibility index (Phi) is 3.30. The summed E-state index contributed by atoms with van der Waals surface area (Å²) in [5.41, 5.74) is 7.62. The van der Waals surface area contributed by atoms with E-state index in [4.69, 9.17) is 17.3 Å². The molecule has 1 aromatic heterocycles. The van der Waals surface area contributed by atoms with E-state index in [1.807, 2.05) is 12.1 Å². The number of rotatable bonds is 2. The van der Waals surface area contributed by atoms with Crippen molar-refractivity contribution < 1.29 is 4.79 Å². The topological polar surface area (TPSA) is 68.0 Å². The third kappa shape index (κ3) is 2.45.